The smallest absolute Gasteiger partial charge is 0.253 e. The zero-order valence-electron chi connectivity index (χ0n) is 17.2. The van der Waals surface area contributed by atoms with Gasteiger partial charge >= 0.3 is 0 Å². The summed E-state index contributed by atoms with van der Waals surface area (Å²) in [6, 6.07) is 11.8. The molecule has 0 bridgehead atoms. The fourth-order valence-electron chi connectivity index (χ4n) is 2.89. The molecular weight excluding hydrogens is 412 g/mol. The first-order chi connectivity index (χ1) is 13.7. The highest BCUT2D eigenvalue weighted by Gasteiger charge is 2.25. The Morgan fingerprint density at radius 2 is 1.79 bits per heavy atom. The molecule has 0 fully saturated rings. The zero-order chi connectivity index (χ0) is 21.6. The van der Waals surface area contributed by atoms with Crippen LogP contribution in [0.1, 0.15) is 29.8 Å². The largest absolute Gasteiger partial charge is 0.492 e. The van der Waals surface area contributed by atoms with E-state index in [0.29, 0.717) is 48.1 Å². The molecule has 0 atom stereocenters. The molecule has 29 heavy (non-hydrogen) atoms. The molecule has 158 valence electrons. The molecule has 0 saturated carbocycles. The Bertz CT molecular complexity index is 959. The second-order valence-electron chi connectivity index (χ2n) is 6.60. The van der Waals surface area contributed by atoms with Crippen molar-refractivity contribution in [3.63, 3.8) is 0 Å². The van der Waals surface area contributed by atoms with Crippen LogP contribution in [-0.2, 0) is 10.0 Å². The van der Waals surface area contributed by atoms with Crippen molar-refractivity contribution in [2.24, 2.45) is 0 Å². The SMILES string of the molecule is CCN(CC)S(=O)(=O)c1cc(C(=O)N(C)CCOc2cccc(Cl)c2)ccc1C. The van der Waals surface area contributed by atoms with E-state index in [1.807, 2.05) is 0 Å². The lowest BCUT2D eigenvalue weighted by molar-refractivity contribution is 0.0773. The Balaban J connectivity index is 2.12. The topological polar surface area (TPSA) is 66.9 Å². The van der Waals surface area contributed by atoms with Gasteiger partial charge in [-0.15, -0.1) is 0 Å². The van der Waals surface area contributed by atoms with Gasteiger partial charge in [-0.05, 0) is 42.8 Å². The Morgan fingerprint density at radius 1 is 1.10 bits per heavy atom. The normalized spacial score (nSPS) is 11.5. The van der Waals surface area contributed by atoms with Gasteiger partial charge in [-0.3, -0.25) is 4.79 Å². The first-order valence-electron chi connectivity index (χ1n) is 9.45. The van der Waals surface area contributed by atoms with Gasteiger partial charge in [-0.1, -0.05) is 37.6 Å². The van der Waals surface area contributed by atoms with Gasteiger partial charge in [0, 0.05) is 30.7 Å². The number of amides is 1. The highest BCUT2D eigenvalue weighted by Crippen LogP contribution is 2.22. The van der Waals surface area contributed by atoms with Crippen LogP contribution in [0.2, 0.25) is 5.02 Å². The van der Waals surface area contributed by atoms with Crippen molar-refractivity contribution in [1.29, 1.82) is 0 Å². The summed E-state index contributed by atoms with van der Waals surface area (Å²) in [5.41, 5.74) is 0.937. The molecule has 6 nitrogen and oxygen atoms in total. The fourth-order valence-corrected chi connectivity index (χ4v) is 4.78. The lowest BCUT2D eigenvalue weighted by atomic mass is 10.1. The average molecular weight is 439 g/mol. The Labute approximate surface area is 178 Å². The second-order valence-corrected chi connectivity index (χ2v) is 8.94. The van der Waals surface area contributed by atoms with Gasteiger partial charge in [-0.25, -0.2) is 8.42 Å². The minimum absolute atomic E-state index is 0.163. The molecule has 0 radical (unpaired) electrons. The van der Waals surface area contributed by atoms with E-state index >= 15 is 0 Å². The van der Waals surface area contributed by atoms with Crippen molar-refractivity contribution >= 4 is 27.5 Å². The highest BCUT2D eigenvalue weighted by molar-refractivity contribution is 7.89. The van der Waals surface area contributed by atoms with Crippen LogP contribution in [0.25, 0.3) is 0 Å². The molecule has 0 N–H and O–H groups in total. The molecule has 0 spiro atoms. The van der Waals surface area contributed by atoms with E-state index in [9.17, 15) is 13.2 Å². The standard InChI is InChI=1S/C21H27ClN2O4S/c1-5-24(6-2)29(26,27)20-14-17(11-10-16(20)3)21(25)23(4)12-13-28-19-9-7-8-18(22)15-19/h7-11,14-15H,5-6,12-13H2,1-4H3. The number of carbonyl (C=O) groups is 1. The summed E-state index contributed by atoms with van der Waals surface area (Å²) in [5.74, 6) is 0.358. The van der Waals surface area contributed by atoms with Crippen LogP contribution >= 0.6 is 11.6 Å². The Hall–Kier alpha value is -2.09. The minimum atomic E-state index is -3.65. The van der Waals surface area contributed by atoms with E-state index in [2.05, 4.69) is 0 Å². The lowest BCUT2D eigenvalue weighted by Gasteiger charge is -2.21. The van der Waals surface area contributed by atoms with Crippen LogP contribution in [0.15, 0.2) is 47.4 Å². The van der Waals surface area contributed by atoms with Gasteiger partial charge in [0.15, 0.2) is 0 Å². The van der Waals surface area contributed by atoms with Crippen molar-refractivity contribution in [1.82, 2.24) is 9.21 Å². The van der Waals surface area contributed by atoms with Crippen molar-refractivity contribution in [2.75, 3.05) is 33.3 Å². The predicted molar refractivity (Wildman–Crippen MR) is 115 cm³/mol. The molecule has 2 aromatic carbocycles. The molecule has 8 heteroatoms. The molecule has 0 aliphatic carbocycles. The van der Waals surface area contributed by atoms with E-state index in [0.717, 1.165) is 0 Å². The van der Waals surface area contributed by atoms with Gasteiger partial charge in [0.05, 0.1) is 11.4 Å². The first kappa shape index (κ1) is 23.2. The van der Waals surface area contributed by atoms with Crippen LogP contribution in [0.3, 0.4) is 0 Å². The molecule has 0 heterocycles. The maximum atomic E-state index is 12.9. The fraction of sp³-hybridized carbons (Fsp3) is 0.381. The molecule has 0 saturated heterocycles. The lowest BCUT2D eigenvalue weighted by Crippen LogP contribution is -2.32. The molecule has 2 aromatic rings. The summed E-state index contributed by atoms with van der Waals surface area (Å²) >= 11 is 5.93. The van der Waals surface area contributed by atoms with E-state index < -0.39 is 10.0 Å². The Kier molecular flexibility index (Phi) is 8.07. The molecule has 0 aliphatic rings. The average Bonchev–Trinajstić information content (AvgIpc) is 2.68. The number of nitrogens with zero attached hydrogens (tertiary/aromatic N) is 2. The molecule has 2 rings (SSSR count). The number of aryl methyl sites for hydroxylation is 1. The number of rotatable bonds is 9. The summed E-state index contributed by atoms with van der Waals surface area (Å²) in [6.07, 6.45) is 0. The summed E-state index contributed by atoms with van der Waals surface area (Å²) < 4.78 is 32.8. The van der Waals surface area contributed by atoms with Gasteiger partial charge in [0.1, 0.15) is 12.4 Å². The number of likely N-dealkylation sites (N-methyl/N-ethyl adjacent to an activating group) is 1. The van der Waals surface area contributed by atoms with Crippen molar-refractivity contribution < 1.29 is 17.9 Å². The highest BCUT2D eigenvalue weighted by atomic mass is 35.5. The molecular formula is C21H27ClN2O4S. The molecule has 1 amide bonds. The molecule has 0 unspecified atom stereocenters. The van der Waals surface area contributed by atoms with Crippen LogP contribution in [0.4, 0.5) is 0 Å². The quantitative estimate of drug-likeness (QED) is 0.596. The third-order valence-electron chi connectivity index (χ3n) is 4.60. The zero-order valence-corrected chi connectivity index (χ0v) is 18.8. The predicted octanol–water partition coefficient (Wildman–Crippen LogP) is 3.83. The van der Waals surface area contributed by atoms with Gasteiger partial charge in [-0.2, -0.15) is 4.31 Å². The summed E-state index contributed by atoms with van der Waals surface area (Å²) in [4.78, 5) is 14.4. The number of ether oxygens (including phenoxy) is 1. The maximum absolute atomic E-state index is 12.9. The van der Waals surface area contributed by atoms with E-state index in [1.54, 1.807) is 64.2 Å². The number of carbonyl (C=O) groups excluding carboxylic acids is 1. The summed E-state index contributed by atoms with van der Waals surface area (Å²) in [7, 11) is -1.99. The van der Waals surface area contributed by atoms with E-state index in [-0.39, 0.29) is 10.8 Å². The molecule has 0 aromatic heterocycles. The maximum Gasteiger partial charge on any atom is 0.253 e. The molecule has 0 aliphatic heterocycles. The number of benzene rings is 2. The third kappa shape index (κ3) is 5.72. The van der Waals surface area contributed by atoms with E-state index in [4.69, 9.17) is 16.3 Å². The Morgan fingerprint density at radius 3 is 2.41 bits per heavy atom. The van der Waals surface area contributed by atoms with Crippen molar-refractivity contribution in [3.8, 4) is 5.75 Å². The van der Waals surface area contributed by atoms with Gasteiger partial charge < -0.3 is 9.64 Å². The summed E-state index contributed by atoms with van der Waals surface area (Å²) in [6.45, 7) is 6.69. The number of halogens is 1. The second kappa shape index (κ2) is 10.1. The van der Waals surface area contributed by atoms with Gasteiger partial charge in [0.25, 0.3) is 5.91 Å². The van der Waals surface area contributed by atoms with Crippen LogP contribution in [0.5, 0.6) is 5.75 Å². The van der Waals surface area contributed by atoms with Crippen molar-refractivity contribution in [2.45, 2.75) is 25.7 Å². The number of hydrogen-bond acceptors (Lipinski definition) is 4. The number of sulfonamides is 1. The van der Waals surface area contributed by atoms with Crippen molar-refractivity contribution in [3.05, 3.63) is 58.6 Å². The third-order valence-corrected chi connectivity index (χ3v) is 7.02. The van der Waals surface area contributed by atoms with Crippen LogP contribution < -0.4 is 4.74 Å². The minimum Gasteiger partial charge on any atom is -0.492 e. The monoisotopic (exact) mass is 438 g/mol. The van der Waals surface area contributed by atoms with Gasteiger partial charge in [0.2, 0.25) is 10.0 Å². The first-order valence-corrected chi connectivity index (χ1v) is 11.3. The van der Waals surface area contributed by atoms with E-state index in [1.165, 1.54) is 15.3 Å². The van der Waals surface area contributed by atoms with Crippen LogP contribution in [-0.4, -0.2) is 56.8 Å². The number of hydrogen-bond donors (Lipinski definition) is 0. The van der Waals surface area contributed by atoms with Crippen LogP contribution in [0, 0.1) is 6.92 Å². The summed E-state index contributed by atoms with van der Waals surface area (Å²) in [5, 5.41) is 0.577.